The number of nitrogens with one attached hydrogen (secondary N) is 1. The van der Waals surface area contributed by atoms with Crippen molar-refractivity contribution in [2.45, 2.75) is 37.6 Å². The first-order valence-corrected chi connectivity index (χ1v) is 10.2. The van der Waals surface area contributed by atoms with Crippen molar-refractivity contribution in [2.24, 2.45) is 5.92 Å². The van der Waals surface area contributed by atoms with Crippen LogP contribution >= 0.6 is 12.4 Å². The lowest BCUT2D eigenvalue weighted by Crippen LogP contribution is -2.42. The van der Waals surface area contributed by atoms with Crippen LogP contribution in [0, 0.1) is 5.92 Å². The number of carbonyl (C=O) groups is 1. The molecule has 1 aromatic carbocycles. The van der Waals surface area contributed by atoms with Crippen LogP contribution in [0.1, 0.15) is 37.0 Å². The average molecular weight is 404 g/mol. The van der Waals surface area contributed by atoms with Crippen LogP contribution in [0.5, 0.6) is 0 Å². The van der Waals surface area contributed by atoms with E-state index in [2.05, 4.69) is 5.32 Å². The number of amides is 1. The van der Waals surface area contributed by atoms with Gasteiger partial charge >= 0.3 is 0 Å². The molecule has 0 aliphatic carbocycles. The summed E-state index contributed by atoms with van der Waals surface area (Å²) in [6, 6.07) is 6.24. The third kappa shape index (κ3) is 5.19. The lowest BCUT2D eigenvalue weighted by molar-refractivity contribution is 0.0674. The summed E-state index contributed by atoms with van der Waals surface area (Å²) in [6.07, 6.45) is 2.09. The fourth-order valence-corrected chi connectivity index (χ4v) is 4.53. The Morgan fingerprint density at radius 1 is 1.38 bits per heavy atom. The first-order chi connectivity index (χ1) is 11.8. The van der Waals surface area contributed by atoms with Gasteiger partial charge in [0.15, 0.2) is 0 Å². The molecule has 0 bridgehead atoms. The molecule has 1 aliphatic heterocycles. The normalized spacial score (nSPS) is 18.1. The fraction of sp³-hybridized carbons (Fsp3) is 0.611. The van der Waals surface area contributed by atoms with Crippen molar-refractivity contribution in [1.29, 1.82) is 0 Å². The molecular weight excluding hydrogens is 374 g/mol. The van der Waals surface area contributed by atoms with E-state index in [1.807, 2.05) is 25.8 Å². The maximum Gasteiger partial charge on any atom is 0.253 e. The van der Waals surface area contributed by atoms with Crippen LogP contribution < -0.4 is 5.32 Å². The average Bonchev–Trinajstić information content (AvgIpc) is 2.61. The molecule has 1 atom stereocenters. The Bertz CT molecular complexity index is 707. The molecule has 1 heterocycles. The monoisotopic (exact) mass is 403 g/mol. The number of likely N-dealkylation sites (tertiary alicyclic amines) is 1. The minimum atomic E-state index is -3.59. The summed E-state index contributed by atoms with van der Waals surface area (Å²) in [5, 5.41) is 3.17. The standard InChI is InChI=1S/C18H29N3O3S.ClH/c1-14(2)20(4)25(23,24)17-9-5-8-16(11-17)18(22)21-10-6-7-15(13-21)12-19-3;/h5,8-9,11,14-15,19H,6-7,10,12-13H2,1-4H3;1H. The number of rotatable bonds is 6. The fourth-order valence-electron chi connectivity index (χ4n) is 3.12. The van der Waals surface area contributed by atoms with Crippen molar-refractivity contribution in [3.05, 3.63) is 29.8 Å². The zero-order chi connectivity index (χ0) is 18.6. The van der Waals surface area contributed by atoms with Gasteiger partial charge in [-0.05, 0) is 64.4 Å². The lowest BCUT2D eigenvalue weighted by Gasteiger charge is -2.33. The lowest BCUT2D eigenvalue weighted by atomic mass is 9.97. The predicted octanol–water partition coefficient (Wildman–Crippen LogP) is 2.21. The molecule has 1 N–H and O–H groups in total. The number of hydrogen-bond donors (Lipinski definition) is 1. The summed E-state index contributed by atoms with van der Waals surface area (Å²) in [7, 11) is -0.118. The van der Waals surface area contributed by atoms with Gasteiger partial charge in [-0.15, -0.1) is 12.4 Å². The van der Waals surface area contributed by atoms with Gasteiger partial charge in [-0.3, -0.25) is 4.79 Å². The Morgan fingerprint density at radius 2 is 2.08 bits per heavy atom. The van der Waals surface area contributed by atoms with Crippen LogP contribution in [-0.2, 0) is 10.0 Å². The molecule has 1 fully saturated rings. The second kappa shape index (κ2) is 9.69. The van der Waals surface area contributed by atoms with Crippen LogP contribution in [0.15, 0.2) is 29.2 Å². The van der Waals surface area contributed by atoms with Gasteiger partial charge in [0.25, 0.3) is 5.91 Å². The SMILES string of the molecule is CNCC1CCCN(C(=O)c2cccc(S(=O)(=O)N(C)C(C)C)c2)C1.Cl. The number of carbonyl (C=O) groups excluding carboxylic acids is 1. The van der Waals surface area contributed by atoms with Gasteiger partial charge in [-0.1, -0.05) is 6.07 Å². The third-order valence-electron chi connectivity index (χ3n) is 4.78. The van der Waals surface area contributed by atoms with Crippen LogP contribution in [-0.4, -0.2) is 63.3 Å². The smallest absolute Gasteiger partial charge is 0.253 e. The zero-order valence-electron chi connectivity index (χ0n) is 15.9. The molecule has 148 valence electrons. The number of piperidine rings is 1. The van der Waals surface area contributed by atoms with Crippen molar-refractivity contribution in [3.63, 3.8) is 0 Å². The highest BCUT2D eigenvalue weighted by atomic mass is 35.5. The van der Waals surface area contributed by atoms with Crippen LogP contribution in [0.3, 0.4) is 0 Å². The van der Waals surface area contributed by atoms with Crippen LogP contribution in [0.25, 0.3) is 0 Å². The van der Waals surface area contributed by atoms with Gasteiger partial charge < -0.3 is 10.2 Å². The molecule has 8 heteroatoms. The van der Waals surface area contributed by atoms with E-state index in [0.717, 1.165) is 25.9 Å². The number of benzene rings is 1. The molecule has 2 rings (SSSR count). The molecule has 0 saturated carbocycles. The molecule has 1 amide bonds. The van der Waals surface area contributed by atoms with Gasteiger partial charge in [0.2, 0.25) is 10.0 Å². The number of sulfonamides is 1. The molecule has 1 unspecified atom stereocenters. The summed E-state index contributed by atoms with van der Waals surface area (Å²) in [6.45, 7) is 5.96. The molecule has 1 aromatic rings. The van der Waals surface area contributed by atoms with Gasteiger partial charge in [0.1, 0.15) is 0 Å². The van der Waals surface area contributed by atoms with E-state index in [0.29, 0.717) is 18.0 Å². The number of nitrogens with zero attached hydrogens (tertiary/aromatic N) is 2. The van der Waals surface area contributed by atoms with E-state index in [9.17, 15) is 13.2 Å². The highest BCUT2D eigenvalue weighted by Crippen LogP contribution is 2.21. The Morgan fingerprint density at radius 3 is 2.69 bits per heavy atom. The molecule has 0 radical (unpaired) electrons. The van der Waals surface area contributed by atoms with Crippen LogP contribution in [0.4, 0.5) is 0 Å². The molecule has 6 nitrogen and oxygen atoms in total. The highest BCUT2D eigenvalue weighted by Gasteiger charge is 2.27. The molecule has 1 aliphatic rings. The van der Waals surface area contributed by atoms with Crippen molar-refractivity contribution in [2.75, 3.05) is 33.7 Å². The predicted molar refractivity (Wildman–Crippen MR) is 106 cm³/mol. The molecule has 1 saturated heterocycles. The maximum absolute atomic E-state index is 12.8. The van der Waals surface area contributed by atoms with Crippen LogP contribution in [0.2, 0.25) is 0 Å². The zero-order valence-corrected chi connectivity index (χ0v) is 17.6. The van der Waals surface area contributed by atoms with Crippen molar-refractivity contribution in [1.82, 2.24) is 14.5 Å². The molecule has 0 aromatic heterocycles. The highest BCUT2D eigenvalue weighted by molar-refractivity contribution is 7.89. The Kier molecular flexibility index (Phi) is 8.53. The summed E-state index contributed by atoms with van der Waals surface area (Å²) in [5.74, 6) is 0.353. The van der Waals surface area contributed by atoms with E-state index < -0.39 is 10.0 Å². The molecular formula is C18H30ClN3O3S. The quantitative estimate of drug-likeness (QED) is 0.790. The van der Waals surface area contributed by atoms with E-state index in [4.69, 9.17) is 0 Å². The van der Waals surface area contributed by atoms with E-state index in [1.165, 1.54) is 10.4 Å². The summed E-state index contributed by atoms with van der Waals surface area (Å²) < 4.78 is 26.6. The second-order valence-corrected chi connectivity index (χ2v) is 8.96. The molecule has 26 heavy (non-hydrogen) atoms. The van der Waals surface area contributed by atoms with Gasteiger partial charge in [0, 0.05) is 31.7 Å². The van der Waals surface area contributed by atoms with Gasteiger partial charge in [-0.25, -0.2) is 8.42 Å². The Hall–Kier alpha value is -1.15. The van der Waals surface area contributed by atoms with Crippen molar-refractivity contribution < 1.29 is 13.2 Å². The van der Waals surface area contributed by atoms with Crippen molar-refractivity contribution in [3.8, 4) is 0 Å². The summed E-state index contributed by atoms with van der Waals surface area (Å²) in [5.41, 5.74) is 0.434. The summed E-state index contributed by atoms with van der Waals surface area (Å²) in [4.78, 5) is 14.8. The first-order valence-electron chi connectivity index (χ1n) is 8.79. The minimum absolute atomic E-state index is 0. The van der Waals surface area contributed by atoms with E-state index in [-0.39, 0.29) is 29.3 Å². The number of hydrogen-bond acceptors (Lipinski definition) is 4. The maximum atomic E-state index is 12.8. The summed E-state index contributed by atoms with van der Waals surface area (Å²) >= 11 is 0. The van der Waals surface area contributed by atoms with E-state index in [1.54, 1.807) is 25.2 Å². The number of halogens is 1. The van der Waals surface area contributed by atoms with Gasteiger partial charge in [0.05, 0.1) is 4.90 Å². The van der Waals surface area contributed by atoms with Crippen molar-refractivity contribution >= 4 is 28.3 Å². The van der Waals surface area contributed by atoms with E-state index >= 15 is 0 Å². The Balaban J connectivity index is 0.00000338. The largest absolute Gasteiger partial charge is 0.338 e. The third-order valence-corrected chi connectivity index (χ3v) is 6.81. The first kappa shape index (κ1) is 22.9. The second-order valence-electron chi connectivity index (χ2n) is 6.96. The van der Waals surface area contributed by atoms with Gasteiger partial charge in [-0.2, -0.15) is 4.31 Å². The molecule has 0 spiro atoms. The Labute approximate surface area is 163 Å². The minimum Gasteiger partial charge on any atom is -0.338 e. The topological polar surface area (TPSA) is 69.7 Å².